The minimum Gasteiger partial charge on any atom is -0.437 e. The van der Waals surface area contributed by atoms with Crippen LogP contribution in [0.2, 0.25) is 0 Å². The van der Waals surface area contributed by atoms with Crippen molar-refractivity contribution < 1.29 is 44.8 Å². The predicted molar refractivity (Wildman–Crippen MR) is 115 cm³/mol. The number of anilines is 1. The number of rotatable bonds is 7. The van der Waals surface area contributed by atoms with Crippen molar-refractivity contribution >= 4 is 21.3 Å². The monoisotopic (exact) mass is 534 g/mol. The highest BCUT2D eigenvalue weighted by Crippen LogP contribution is 2.33. The van der Waals surface area contributed by atoms with Gasteiger partial charge in [-0.15, -0.1) is 10.2 Å². The lowest BCUT2D eigenvalue weighted by atomic mass is 10.2. The van der Waals surface area contributed by atoms with Crippen molar-refractivity contribution in [2.45, 2.75) is 17.7 Å². The summed E-state index contributed by atoms with van der Waals surface area (Å²) in [4.78, 5) is 13.1. The van der Waals surface area contributed by atoms with Crippen LogP contribution in [0.15, 0.2) is 57.8 Å². The Kier molecular flexibility index (Phi) is 7.71. The van der Waals surface area contributed by atoms with Crippen LogP contribution in [-0.2, 0) is 15.9 Å². The number of halogens is 6. The molecule has 1 atom stereocenters. The smallest absolute Gasteiger partial charge is 0.435 e. The van der Waals surface area contributed by atoms with Crippen molar-refractivity contribution in [1.29, 1.82) is 0 Å². The first-order valence-electron chi connectivity index (χ1n) is 9.69. The minimum absolute atomic E-state index is 0.0755. The molecule has 0 radical (unpaired) electrons. The summed E-state index contributed by atoms with van der Waals surface area (Å²) in [6.07, 6.45) is -3.60. The maximum Gasteiger partial charge on any atom is 0.435 e. The second-order valence-electron chi connectivity index (χ2n) is 6.99. The first kappa shape index (κ1) is 26.7. The molecular formula is C21H16F6N4O4S. The second-order valence-corrected chi connectivity index (χ2v) is 9.43. The highest BCUT2D eigenvalue weighted by Gasteiger charge is 2.35. The first-order valence-corrected chi connectivity index (χ1v) is 11.6. The van der Waals surface area contributed by atoms with Crippen LogP contribution in [0.3, 0.4) is 0 Å². The van der Waals surface area contributed by atoms with Crippen molar-refractivity contribution in [3.8, 4) is 17.4 Å². The molecule has 1 aromatic heterocycles. The molecule has 1 N–H and O–H groups in total. The maximum absolute atomic E-state index is 14.0. The van der Waals surface area contributed by atoms with Gasteiger partial charge in [-0.1, -0.05) is 6.07 Å². The molecule has 1 heterocycles. The fraction of sp³-hybridized carbons (Fsp3) is 0.190. The topological polar surface area (TPSA) is 103 Å². The molecule has 8 nitrogen and oxygen atoms in total. The zero-order valence-electron chi connectivity index (χ0n) is 18.3. The lowest BCUT2D eigenvalue weighted by molar-refractivity contribution is -0.141. The molecule has 0 saturated carbocycles. The normalized spacial score (nSPS) is 13.1. The van der Waals surface area contributed by atoms with Gasteiger partial charge in [-0.2, -0.15) is 22.0 Å². The van der Waals surface area contributed by atoms with E-state index < -0.39 is 62.9 Å². The van der Waals surface area contributed by atoms with Crippen LogP contribution in [0, 0.1) is 5.82 Å². The number of ether oxygens (including phenoxy) is 2. The summed E-state index contributed by atoms with van der Waals surface area (Å²) in [5, 5.41) is 8.61. The van der Waals surface area contributed by atoms with Gasteiger partial charge in [0.1, 0.15) is 11.3 Å². The molecule has 0 bridgehead atoms. The van der Waals surface area contributed by atoms with Crippen molar-refractivity contribution in [3.05, 3.63) is 65.6 Å². The lowest BCUT2D eigenvalue weighted by Gasteiger charge is -2.13. The number of aromatic nitrogens is 2. The molecule has 36 heavy (non-hydrogen) atoms. The Morgan fingerprint density at radius 3 is 2.44 bits per heavy atom. The summed E-state index contributed by atoms with van der Waals surface area (Å²) in [6, 6.07) is 8.40. The van der Waals surface area contributed by atoms with Crippen molar-refractivity contribution in [1.82, 2.24) is 10.2 Å². The van der Waals surface area contributed by atoms with E-state index in [1.54, 1.807) is 0 Å². The van der Waals surface area contributed by atoms with Gasteiger partial charge in [0.25, 0.3) is 11.8 Å². The number of nitrogens with one attached hydrogen (secondary N) is 1. The summed E-state index contributed by atoms with van der Waals surface area (Å²) in [5.41, 5.74) is -2.16. The van der Waals surface area contributed by atoms with E-state index in [1.165, 1.54) is 37.6 Å². The lowest BCUT2D eigenvalue weighted by Crippen LogP contribution is -2.18. The van der Waals surface area contributed by atoms with Crippen LogP contribution in [-0.4, -0.2) is 40.2 Å². The fourth-order valence-electron chi connectivity index (χ4n) is 2.72. The number of hydrogen-bond donors (Lipinski definition) is 1. The SMILES string of the molecule is CN=S(C)(=O)c1cccc(NC(=O)c2cc(C(F)(F)F)nnc2Oc2ccc(OC(F)F)c(F)c2)c1. The highest BCUT2D eigenvalue weighted by molar-refractivity contribution is 7.93. The summed E-state index contributed by atoms with van der Waals surface area (Å²) in [5.74, 6) is -4.31. The molecule has 0 spiro atoms. The van der Waals surface area contributed by atoms with E-state index in [4.69, 9.17) is 4.74 Å². The zero-order valence-corrected chi connectivity index (χ0v) is 19.2. The fourth-order valence-corrected chi connectivity index (χ4v) is 3.61. The number of alkyl halides is 5. The first-order chi connectivity index (χ1) is 16.8. The molecule has 2 aromatic carbocycles. The molecule has 0 aliphatic rings. The highest BCUT2D eigenvalue weighted by atomic mass is 32.2. The van der Waals surface area contributed by atoms with E-state index in [1.807, 2.05) is 0 Å². The van der Waals surface area contributed by atoms with Crippen LogP contribution >= 0.6 is 0 Å². The van der Waals surface area contributed by atoms with Crippen LogP contribution in [0.25, 0.3) is 0 Å². The van der Waals surface area contributed by atoms with Crippen LogP contribution < -0.4 is 14.8 Å². The largest absolute Gasteiger partial charge is 0.437 e. The molecule has 1 unspecified atom stereocenters. The predicted octanol–water partition coefficient (Wildman–Crippen LogP) is 5.37. The quantitative estimate of drug-likeness (QED) is 0.409. The van der Waals surface area contributed by atoms with E-state index in [9.17, 15) is 35.3 Å². The number of carbonyl (C=O) groups excluding carboxylic acids is 1. The van der Waals surface area contributed by atoms with E-state index >= 15 is 0 Å². The van der Waals surface area contributed by atoms with Gasteiger partial charge in [0.15, 0.2) is 17.3 Å². The summed E-state index contributed by atoms with van der Waals surface area (Å²) in [7, 11) is -1.44. The molecule has 192 valence electrons. The third-order valence-corrected chi connectivity index (χ3v) is 6.33. The molecule has 1 amide bonds. The number of carbonyl (C=O) groups is 1. The Morgan fingerprint density at radius 2 is 1.83 bits per heavy atom. The minimum atomic E-state index is -4.96. The van der Waals surface area contributed by atoms with Crippen molar-refractivity contribution in [2.75, 3.05) is 18.6 Å². The Balaban J connectivity index is 1.97. The number of hydrogen-bond acceptors (Lipinski definition) is 7. The Hall–Kier alpha value is -3.88. The zero-order chi connectivity index (χ0) is 26.7. The summed E-state index contributed by atoms with van der Waals surface area (Å²) in [6.45, 7) is -3.30. The van der Waals surface area contributed by atoms with E-state index in [0.717, 1.165) is 12.1 Å². The van der Waals surface area contributed by atoms with E-state index in [-0.39, 0.29) is 10.6 Å². The van der Waals surface area contributed by atoms with Crippen LogP contribution in [0.4, 0.5) is 32.0 Å². The Labute approximate surface area is 200 Å². The number of amides is 1. The van der Waals surface area contributed by atoms with Gasteiger partial charge >= 0.3 is 12.8 Å². The second kappa shape index (κ2) is 10.4. The van der Waals surface area contributed by atoms with Gasteiger partial charge in [0.2, 0.25) is 0 Å². The average Bonchev–Trinajstić information content (AvgIpc) is 2.80. The Bertz CT molecular complexity index is 1410. The molecule has 3 rings (SSSR count). The third-order valence-electron chi connectivity index (χ3n) is 4.51. The molecular weight excluding hydrogens is 518 g/mol. The molecule has 0 aliphatic carbocycles. The molecule has 0 aliphatic heterocycles. The number of benzene rings is 2. The van der Waals surface area contributed by atoms with Gasteiger partial charge in [0, 0.05) is 30.0 Å². The molecule has 15 heteroatoms. The van der Waals surface area contributed by atoms with Gasteiger partial charge in [-0.05, 0) is 36.4 Å². The molecule has 3 aromatic rings. The third kappa shape index (κ3) is 6.41. The van der Waals surface area contributed by atoms with Crippen molar-refractivity contribution in [2.24, 2.45) is 4.36 Å². The Morgan fingerprint density at radius 1 is 1.11 bits per heavy atom. The van der Waals surface area contributed by atoms with E-state index in [2.05, 4.69) is 24.6 Å². The van der Waals surface area contributed by atoms with Crippen molar-refractivity contribution in [3.63, 3.8) is 0 Å². The van der Waals surface area contributed by atoms with Crippen LogP contribution in [0.1, 0.15) is 16.1 Å². The summed E-state index contributed by atoms with van der Waals surface area (Å²) >= 11 is 0. The maximum atomic E-state index is 14.0. The van der Waals surface area contributed by atoms with Gasteiger partial charge in [0.05, 0.1) is 9.73 Å². The van der Waals surface area contributed by atoms with Gasteiger partial charge in [-0.3, -0.25) is 4.79 Å². The molecule has 0 saturated heterocycles. The van der Waals surface area contributed by atoms with Gasteiger partial charge < -0.3 is 14.8 Å². The number of nitrogens with zero attached hydrogens (tertiary/aromatic N) is 3. The standard InChI is InChI=1S/C21H16F6N4O4S/c1-28-36(2,33)13-5-3-4-11(8-13)29-18(32)14-10-17(21(25,26)27)30-31-19(14)34-12-6-7-16(15(22)9-12)35-20(23)24/h3-10,20H,1-2H3,(H,29,32). The van der Waals surface area contributed by atoms with Gasteiger partial charge in [-0.25, -0.2) is 13.0 Å². The average molecular weight is 534 g/mol. The molecule has 0 fully saturated rings. The summed E-state index contributed by atoms with van der Waals surface area (Å²) < 4.78 is 104. The van der Waals surface area contributed by atoms with E-state index in [0.29, 0.717) is 12.1 Å². The van der Waals surface area contributed by atoms with Crippen LogP contribution in [0.5, 0.6) is 17.4 Å².